The Balaban J connectivity index is 1.24. The highest BCUT2D eigenvalue weighted by Gasteiger charge is 2.41. The molecule has 154 valence electrons. The smallest absolute Gasteiger partial charge is 0.415 e. The number of rotatable bonds is 4. The molecule has 0 N–H and O–H groups in total. The highest BCUT2D eigenvalue weighted by molar-refractivity contribution is 5.28. The first-order valence-electron chi connectivity index (χ1n) is 10.2. The fourth-order valence-electron chi connectivity index (χ4n) is 4.68. The standard InChI is InChI=1S/C20H25N5O4/c1-20(13-24-11-18(25(26)27)22-19(24)29-20)12-23-7-4-17-15(10-23)2-3-16(21-17)14-5-8-28-9-6-14/h2-3,11,14H,4-10,12-13H2,1H3. The van der Waals surface area contributed by atoms with Gasteiger partial charge in [0, 0.05) is 61.6 Å². The Hall–Kier alpha value is -2.52. The molecule has 0 spiro atoms. The van der Waals surface area contributed by atoms with Crippen LogP contribution in [0.4, 0.5) is 5.82 Å². The number of nitrogens with zero attached hydrogens (tertiary/aromatic N) is 5. The van der Waals surface area contributed by atoms with Crippen LogP contribution in [0.1, 0.15) is 42.6 Å². The first-order valence-corrected chi connectivity index (χ1v) is 10.2. The van der Waals surface area contributed by atoms with E-state index in [0.717, 1.165) is 52.1 Å². The minimum atomic E-state index is -0.491. The molecule has 0 bridgehead atoms. The summed E-state index contributed by atoms with van der Waals surface area (Å²) in [6, 6.07) is 4.74. The number of imidazole rings is 1. The second-order valence-corrected chi connectivity index (χ2v) is 8.51. The summed E-state index contributed by atoms with van der Waals surface area (Å²) in [6.07, 6.45) is 4.49. The van der Waals surface area contributed by atoms with Gasteiger partial charge in [-0.25, -0.2) is 0 Å². The van der Waals surface area contributed by atoms with Crippen LogP contribution >= 0.6 is 0 Å². The van der Waals surface area contributed by atoms with Crippen LogP contribution in [0.2, 0.25) is 0 Å². The Kier molecular flexibility index (Phi) is 4.51. The van der Waals surface area contributed by atoms with E-state index in [0.29, 0.717) is 18.5 Å². The zero-order chi connectivity index (χ0) is 20.0. The van der Waals surface area contributed by atoms with Crippen molar-refractivity contribution in [3.05, 3.63) is 45.4 Å². The van der Waals surface area contributed by atoms with Crippen LogP contribution < -0.4 is 4.74 Å². The normalized spacial score (nSPS) is 24.7. The average molecular weight is 399 g/mol. The Labute approximate surface area is 168 Å². The van der Waals surface area contributed by atoms with Gasteiger partial charge in [0.1, 0.15) is 11.8 Å². The van der Waals surface area contributed by atoms with Gasteiger partial charge in [0.2, 0.25) is 0 Å². The van der Waals surface area contributed by atoms with Gasteiger partial charge in [0.05, 0.1) is 6.54 Å². The SMILES string of the molecule is CC1(CN2CCc3nc(C4CCOCC4)ccc3C2)Cn2cc([N+](=O)[O-])nc2O1. The Morgan fingerprint density at radius 2 is 2.14 bits per heavy atom. The molecule has 0 aromatic carbocycles. The molecule has 0 aliphatic carbocycles. The number of fused-ring (bicyclic) bond motifs is 2. The van der Waals surface area contributed by atoms with Gasteiger partial charge in [-0.3, -0.25) is 14.5 Å². The third kappa shape index (κ3) is 3.60. The molecular weight excluding hydrogens is 374 g/mol. The summed E-state index contributed by atoms with van der Waals surface area (Å²) in [5, 5.41) is 10.9. The quantitative estimate of drug-likeness (QED) is 0.575. The van der Waals surface area contributed by atoms with Gasteiger partial charge in [-0.1, -0.05) is 6.07 Å². The minimum Gasteiger partial charge on any atom is -0.436 e. The van der Waals surface area contributed by atoms with Crippen LogP contribution in [-0.4, -0.2) is 56.3 Å². The predicted octanol–water partition coefficient (Wildman–Crippen LogP) is 2.29. The Morgan fingerprint density at radius 3 is 2.90 bits per heavy atom. The molecule has 1 saturated heterocycles. The van der Waals surface area contributed by atoms with Crippen LogP contribution in [0.15, 0.2) is 18.3 Å². The van der Waals surface area contributed by atoms with E-state index in [1.165, 1.54) is 23.1 Å². The van der Waals surface area contributed by atoms with Gasteiger partial charge in [0.25, 0.3) is 0 Å². The van der Waals surface area contributed by atoms with Crippen LogP contribution in [0.5, 0.6) is 6.01 Å². The average Bonchev–Trinajstić information content (AvgIpc) is 3.23. The number of nitro groups is 1. The third-order valence-electron chi connectivity index (χ3n) is 6.10. The molecule has 2 aromatic rings. The van der Waals surface area contributed by atoms with Crippen molar-refractivity contribution in [2.24, 2.45) is 0 Å². The topological polar surface area (TPSA) is 95.6 Å². The molecule has 1 atom stereocenters. The number of aromatic nitrogens is 3. The van der Waals surface area contributed by atoms with E-state index in [9.17, 15) is 10.1 Å². The van der Waals surface area contributed by atoms with E-state index in [1.807, 2.05) is 6.92 Å². The molecule has 1 fully saturated rings. The van der Waals surface area contributed by atoms with E-state index in [-0.39, 0.29) is 5.82 Å². The molecule has 1 unspecified atom stereocenters. The summed E-state index contributed by atoms with van der Waals surface area (Å²) in [4.78, 5) is 21.7. The number of ether oxygens (including phenoxy) is 2. The van der Waals surface area contributed by atoms with Gasteiger partial charge in [-0.2, -0.15) is 0 Å². The van der Waals surface area contributed by atoms with E-state index < -0.39 is 10.5 Å². The van der Waals surface area contributed by atoms with Crippen molar-refractivity contribution in [1.29, 1.82) is 0 Å². The van der Waals surface area contributed by atoms with Crippen molar-refractivity contribution in [2.45, 2.75) is 50.8 Å². The predicted molar refractivity (Wildman–Crippen MR) is 104 cm³/mol. The van der Waals surface area contributed by atoms with E-state index in [2.05, 4.69) is 22.0 Å². The molecule has 29 heavy (non-hydrogen) atoms. The summed E-state index contributed by atoms with van der Waals surface area (Å²) in [5.41, 5.74) is 3.26. The molecule has 5 heterocycles. The van der Waals surface area contributed by atoms with Gasteiger partial charge < -0.3 is 19.6 Å². The summed E-state index contributed by atoms with van der Waals surface area (Å²) < 4.78 is 13.2. The van der Waals surface area contributed by atoms with Gasteiger partial charge >= 0.3 is 11.8 Å². The molecule has 0 amide bonds. The lowest BCUT2D eigenvalue weighted by molar-refractivity contribution is -0.389. The monoisotopic (exact) mass is 399 g/mol. The van der Waals surface area contributed by atoms with Gasteiger partial charge in [-0.05, 0) is 36.3 Å². The van der Waals surface area contributed by atoms with E-state index in [4.69, 9.17) is 14.5 Å². The molecule has 0 radical (unpaired) electrons. The first kappa shape index (κ1) is 18.5. The molecular formula is C20H25N5O4. The zero-order valence-electron chi connectivity index (χ0n) is 16.5. The van der Waals surface area contributed by atoms with Gasteiger partial charge in [0.15, 0.2) is 0 Å². The number of pyridine rings is 1. The molecule has 0 saturated carbocycles. The number of hydrogen-bond acceptors (Lipinski definition) is 7. The third-order valence-corrected chi connectivity index (χ3v) is 6.10. The molecule has 3 aliphatic heterocycles. The molecule has 9 nitrogen and oxygen atoms in total. The van der Waals surface area contributed by atoms with E-state index >= 15 is 0 Å². The van der Waals surface area contributed by atoms with Crippen molar-refractivity contribution in [3.63, 3.8) is 0 Å². The highest BCUT2D eigenvalue weighted by Crippen LogP contribution is 2.33. The van der Waals surface area contributed by atoms with Crippen LogP contribution in [-0.2, 0) is 24.2 Å². The second-order valence-electron chi connectivity index (χ2n) is 8.51. The largest absolute Gasteiger partial charge is 0.436 e. The highest BCUT2D eigenvalue weighted by atomic mass is 16.6. The first-order chi connectivity index (χ1) is 14.0. The lowest BCUT2D eigenvalue weighted by Gasteiger charge is -2.34. The van der Waals surface area contributed by atoms with Crippen molar-refractivity contribution in [2.75, 3.05) is 26.3 Å². The molecule has 5 rings (SSSR count). The molecule has 3 aliphatic rings. The Bertz CT molecular complexity index is 913. The lowest BCUT2D eigenvalue weighted by atomic mass is 9.94. The lowest BCUT2D eigenvalue weighted by Crippen LogP contribution is -2.46. The fraction of sp³-hybridized carbons (Fsp3) is 0.600. The van der Waals surface area contributed by atoms with Crippen molar-refractivity contribution in [1.82, 2.24) is 19.4 Å². The molecule has 2 aromatic heterocycles. The second kappa shape index (κ2) is 7.07. The maximum atomic E-state index is 10.9. The summed E-state index contributed by atoms with van der Waals surface area (Å²) in [5.74, 6) is 0.351. The maximum Gasteiger partial charge on any atom is 0.415 e. The van der Waals surface area contributed by atoms with Crippen molar-refractivity contribution < 1.29 is 14.4 Å². The van der Waals surface area contributed by atoms with Crippen molar-refractivity contribution in [3.8, 4) is 6.01 Å². The minimum absolute atomic E-state index is 0.166. The summed E-state index contributed by atoms with van der Waals surface area (Å²) in [7, 11) is 0. The van der Waals surface area contributed by atoms with E-state index in [1.54, 1.807) is 4.57 Å². The zero-order valence-corrected chi connectivity index (χ0v) is 16.5. The summed E-state index contributed by atoms with van der Waals surface area (Å²) in [6.45, 7) is 6.78. The van der Waals surface area contributed by atoms with Crippen LogP contribution in [0.25, 0.3) is 0 Å². The fourth-order valence-corrected chi connectivity index (χ4v) is 4.68. The maximum absolute atomic E-state index is 10.9. The van der Waals surface area contributed by atoms with Crippen LogP contribution in [0, 0.1) is 10.1 Å². The Morgan fingerprint density at radius 1 is 1.31 bits per heavy atom. The molecule has 9 heteroatoms. The van der Waals surface area contributed by atoms with Crippen molar-refractivity contribution >= 4 is 5.82 Å². The van der Waals surface area contributed by atoms with Gasteiger partial charge in [-0.15, -0.1) is 0 Å². The summed E-state index contributed by atoms with van der Waals surface area (Å²) >= 11 is 0. The van der Waals surface area contributed by atoms with Crippen LogP contribution in [0.3, 0.4) is 0 Å². The number of hydrogen-bond donors (Lipinski definition) is 0.